The minimum atomic E-state index is 0.0572. The molecule has 1 N–H and O–H groups in total. The summed E-state index contributed by atoms with van der Waals surface area (Å²) in [4.78, 5) is 20.7. The summed E-state index contributed by atoms with van der Waals surface area (Å²) in [6.07, 6.45) is 18.0. The number of pyridine rings is 1. The average Bonchev–Trinajstić information content (AvgIpc) is 3.68. The minimum Gasteiger partial charge on any atom is -0.375 e. The second-order valence-corrected chi connectivity index (χ2v) is 13.2. The summed E-state index contributed by atoms with van der Waals surface area (Å²) in [6.45, 7) is 2.72. The maximum atomic E-state index is 13.5. The van der Waals surface area contributed by atoms with E-state index in [1.165, 1.54) is 60.9 Å². The fourth-order valence-corrected chi connectivity index (χ4v) is 9.06. The van der Waals surface area contributed by atoms with Gasteiger partial charge in [-0.15, -0.1) is 0 Å². The molecule has 39 heavy (non-hydrogen) atoms. The molecule has 0 radical (unpaired) electrons. The van der Waals surface area contributed by atoms with Crippen molar-refractivity contribution in [2.45, 2.75) is 113 Å². The molecule has 5 heteroatoms. The van der Waals surface area contributed by atoms with Gasteiger partial charge in [0.15, 0.2) is 0 Å². The van der Waals surface area contributed by atoms with Gasteiger partial charge in [-0.05, 0) is 99.6 Å². The first-order chi connectivity index (χ1) is 19.2. The van der Waals surface area contributed by atoms with Gasteiger partial charge in [0.2, 0.25) is 5.91 Å². The van der Waals surface area contributed by atoms with Gasteiger partial charge in [-0.25, -0.2) is 0 Å². The fourth-order valence-electron chi connectivity index (χ4n) is 9.06. The van der Waals surface area contributed by atoms with Crippen LogP contribution in [0.3, 0.4) is 0 Å². The maximum absolute atomic E-state index is 13.5. The lowest BCUT2D eigenvalue weighted by atomic mass is 9.68. The van der Waals surface area contributed by atoms with E-state index >= 15 is 0 Å². The topological polar surface area (TPSA) is 54.5 Å². The van der Waals surface area contributed by atoms with E-state index in [0.717, 1.165) is 71.1 Å². The first-order valence-corrected chi connectivity index (χ1v) is 15.9. The Kier molecular flexibility index (Phi) is 7.01. The van der Waals surface area contributed by atoms with Crippen molar-refractivity contribution >= 4 is 5.91 Å². The first-order valence-electron chi connectivity index (χ1n) is 15.9. The SMILES string of the molecule is O=C(C1CCCC1)N1CCc2cccc3c2C1CCC3NCC[C@@]1(c2ccccn2)CCOC2(CCCC2)C1. The highest BCUT2D eigenvalue weighted by Crippen LogP contribution is 2.50. The Morgan fingerprint density at radius 3 is 2.69 bits per heavy atom. The van der Waals surface area contributed by atoms with Crippen molar-refractivity contribution < 1.29 is 9.53 Å². The summed E-state index contributed by atoms with van der Waals surface area (Å²) in [5, 5.41) is 4.02. The van der Waals surface area contributed by atoms with E-state index in [1.54, 1.807) is 0 Å². The summed E-state index contributed by atoms with van der Waals surface area (Å²) >= 11 is 0. The monoisotopic (exact) mass is 527 g/mol. The van der Waals surface area contributed by atoms with Gasteiger partial charge in [0.05, 0.1) is 11.6 Å². The molecule has 3 fully saturated rings. The molecular weight excluding hydrogens is 482 g/mol. The van der Waals surface area contributed by atoms with Gasteiger partial charge in [-0.3, -0.25) is 9.78 Å². The molecule has 2 unspecified atom stereocenters. The molecule has 5 aliphatic rings. The van der Waals surface area contributed by atoms with Crippen LogP contribution in [0, 0.1) is 5.92 Å². The molecule has 3 heterocycles. The number of nitrogens with one attached hydrogen (secondary N) is 1. The van der Waals surface area contributed by atoms with Crippen molar-refractivity contribution in [1.29, 1.82) is 0 Å². The van der Waals surface area contributed by atoms with Crippen molar-refractivity contribution in [3.63, 3.8) is 0 Å². The average molecular weight is 528 g/mol. The summed E-state index contributed by atoms with van der Waals surface area (Å²) < 4.78 is 6.48. The van der Waals surface area contributed by atoms with Gasteiger partial charge >= 0.3 is 0 Å². The van der Waals surface area contributed by atoms with E-state index in [2.05, 4.69) is 40.5 Å². The standard InChI is InChI=1S/C34H45N3O2/c38-32(26-8-1-2-9-26)37-22-15-25-10-7-11-27-28(13-14-29(37)31(25)27)35-21-18-33(30-12-3-6-20-36-30)19-23-39-34(24-33)16-4-5-17-34/h3,6-7,10-12,20,26,28-29,35H,1-2,4-5,8-9,13-19,21-24H2/t28?,29?,33-/m1/s1. The van der Waals surface area contributed by atoms with Crippen LogP contribution in [0.2, 0.25) is 0 Å². The third-order valence-electron chi connectivity index (χ3n) is 11.0. The van der Waals surface area contributed by atoms with Crippen LogP contribution in [-0.2, 0) is 21.4 Å². The van der Waals surface area contributed by atoms with Gasteiger partial charge < -0.3 is 15.0 Å². The lowest BCUT2D eigenvalue weighted by Crippen LogP contribution is -2.48. The number of hydrogen-bond donors (Lipinski definition) is 1. The lowest BCUT2D eigenvalue weighted by Gasteiger charge is -2.47. The van der Waals surface area contributed by atoms with Gasteiger partial charge in [-0.2, -0.15) is 0 Å². The smallest absolute Gasteiger partial charge is 0.226 e. The molecule has 208 valence electrons. The number of benzene rings is 1. The van der Waals surface area contributed by atoms with E-state index in [9.17, 15) is 4.79 Å². The van der Waals surface area contributed by atoms with Crippen molar-refractivity contribution in [2.75, 3.05) is 19.7 Å². The highest BCUT2D eigenvalue weighted by molar-refractivity contribution is 5.80. The zero-order chi connectivity index (χ0) is 26.3. The van der Waals surface area contributed by atoms with Crippen molar-refractivity contribution in [3.8, 4) is 0 Å². The maximum Gasteiger partial charge on any atom is 0.226 e. The van der Waals surface area contributed by atoms with Gasteiger partial charge in [0, 0.05) is 42.4 Å². The summed E-state index contributed by atoms with van der Waals surface area (Å²) in [5.74, 6) is 0.696. The molecule has 1 aromatic heterocycles. The summed E-state index contributed by atoms with van der Waals surface area (Å²) in [7, 11) is 0. The number of carbonyl (C=O) groups excluding carboxylic acids is 1. The Hall–Kier alpha value is -2.24. The van der Waals surface area contributed by atoms with Crippen molar-refractivity contribution in [1.82, 2.24) is 15.2 Å². The Morgan fingerprint density at radius 2 is 1.87 bits per heavy atom. The zero-order valence-electron chi connectivity index (χ0n) is 23.5. The van der Waals surface area contributed by atoms with Crippen molar-refractivity contribution in [3.05, 3.63) is 65.0 Å². The number of carbonyl (C=O) groups is 1. The zero-order valence-corrected chi connectivity index (χ0v) is 23.5. The third-order valence-corrected chi connectivity index (χ3v) is 11.0. The number of hydrogen-bond acceptors (Lipinski definition) is 4. The number of amides is 1. The van der Waals surface area contributed by atoms with Crippen LogP contribution in [0.25, 0.3) is 0 Å². The highest BCUT2D eigenvalue weighted by Gasteiger charge is 2.48. The molecule has 2 aliphatic heterocycles. The first kappa shape index (κ1) is 25.7. The molecule has 7 rings (SSSR count). The van der Waals surface area contributed by atoms with Gasteiger partial charge in [0.25, 0.3) is 0 Å². The summed E-state index contributed by atoms with van der Waals surface area (Å²) in [5.41, 5.74) is 5.77. The molecule has 1 saturated heterocycles. The Balaban J connectivity index is 1.09. The second kappa shape index (κ2) is 10.6. The Morgan fingerprint density at radius 1 is 1.00 bits per heavy atom. The molecule has 3 aliphatic carbocycles. The van der Waals surface area contributed by atoms with Crippen LogP contribution in [0.15, 0.2) is 42.6 Å². The van der Waals surface area contributed by atoms with Crippen LogP contribution in [0.1, 0.15) is 118 Å². The van der Waals surface area contributed by atoms with E-state index in [-0.39, 0.29) is 23.0 Å². The predicted molar refractivity (Wildman–Crippen MR) is 153 cm³/mol. The molecule has 3 atom stereocenters. The molecular formula is C34H45N3O2. The van der Waals surface area contributed by atoms with Gasteiger partial charge in [0.1, 0.15) is 0 Å². The molecule has 0 bridgehead atoms. The highest BCUT2D eigenvalue weighted by atomic mass is 16.5. The van der Waals surface area contributed by atoms with Crippen LogP contribution >= 0.6 is 0 Å². The second-order valence-electron chi connectivity index (χ2n) is 13.2. The van der Waals surface area contributed by atoms with Gasteiger partial charge in [-0.1, -0.05) is 49.9 Å². The minimum absolute atomic E-state index is 0.0572. The quantitative estimate of drug-likeness (QED) is 0.461. The Bertz CT molecular complexity index is 1170. The van der Waals surface area contributed by atoms with Crippen LogP contribution in [0.5, 0.6) is 0 Å². The molecule has 5 nitrogen and oxygen atoms in total. The third kappa shape index (κ3) is 4.74. The Labute approximate surface area is 234 Å². The largest absolute Gasteiger partial charge is 0.375 e. The van der Waals surface area contributed by atoms with E-state index in [4.69, 9.17) is 9.72 Å². The predicted octanol–water partition coefficient (Wildman–Crippen LogP) is 6.57. The molecule has 2 saturated carbocycles. The van der Waals surface area contributed by atoms with E-state index < -0.39 is 0 Å². The normalized spacial score (nSPS) is 30.0. The van der Waals surface area contributed by atoms with E-state index in [1.807, 2.05) is 12.3 Å². The van der Waals surface area contributed by atoms with Crippen LogP contribution in [-0.4, -0.2) is 41.1 Å². The fraction of sp³-hybridized carbons (Fsp3) is 0.647. The van der Waals surface area contributed by atoms with Crippen molar-refractivity contribution in [2.24, 2.45) is 5.92 Å². The molecule has 2 aromatic rings. The molecule has 1 spiro atoms. The summed E-state index contributed by atoms with van der Waals surface area (Å²) in [6, 6.07) is 14.0. The van der Waals surface area contributed by atoms with E-state index in [0.29, 0.717) is 11.9 Å². The number of rotatable bonds is 6. The number of nitrogens with zero attached hydrogens (tertiary/aromatic N) is 2. The number of ether oxygens (including phenoxy) is 1. The van der Waals surface area contributed by atoms with Crippen LogP contribution in [0.4, 0.5) is 0 Å². The number of aromatic nitrogens is 1. The molecule has 1 amide bonds. The molecule has 1 aromatic carbocycles. The lowest BCUT2D eigenvalue weighted by molar-refractivity contribution is -0.138. The van der Waals surface area contributed by atoms with Crippen LogP contribution < -0.4 is 5.32 Å².